The summed E-state index contributed by atoms with van der Waals surface area (Å²) in [5.74, 6) is -1.13. The SMILES string of the molecule is O=S(=O)(Nc1cc(-c2ccccc2)ccc1F)c1cc(Br)ccc1O. The molecule has 0 fully saturated rings. The summed E-state index contributed by atoms with van der Waals surface area (Å²) in [5, 5.41) is 9.82. The summed E-state index contributed by atoms with van der Waals surface area (Å²) in [5.41, 5.74) is 1.30. The molecule has 0 saturated carbocycles. The molecule has 0 amide bonds. The molecule has 0 bridgehead atoms. The van der Waals surface area contributed by atoms with Gasteiger partial charge in [0.2, 0.25) is 0 Å². The average molecular weight is 422 g/mol. The van der Waals surface area contributed by atoms with Crippen LogP contribution in [0.5, 0.6) is 5.75 Å². The van der Waals surface area contributed by atoms with E-state index >= 15 is 0 Å². The van der Waals surface area contributed by atoms with E-state index in [2.05, 4.69) is 20.7 Å². The first-order chi connectivity index (χ1) is 11.9. The van der Waals surface area contributed by atoms with Gasteiger partial charge in [0.15, 0.2) is 0 Å². The first-order valence-electron chi connectivity index (χ1n) is 7.23. The van der Waals surface area contributed by atoms with Crippen molar-refractivity contribution in [2.75, 3.05) is 4.72 Å². The second-order valence-electron chi connectivity index (χ2n) is 5.28. The molecule has 7 heteroatoms. The average Bonchev–Trinajstić information content (AvgIpc) is 2.59. The zero-order valence-electron chi connectivity index (χ0n) is 12.8. The number of aromatic hydroxyl groups is 1. The van der Waals surface area contributed by atoms with Crippen LogP contribution in [-0.2, 0) is 10.0 Å². The highest BCUT2D eigenvalue weighted by molar-refractivity contribution is 9.10. The number of rotatable bonds is 4. The van der Waals surface area contributed by atoms with Crippen LogP contribution in [0, 0.1) is 5.82 Å². The maximum absolute atomic E-state index is 14.1. The fourth-order valence-corrected chi connectivity index (χ4v) is 4.01. The maximum Gasteiger partial charge on any atom is 0.265 e. The largest absolute Gasteiger partial charge is 0.507 e. The lowest BCUT2D eigenvalue weighted by molar-refractivity contribution is 0.459. The molecule has 0 aliphatic carbocycles. The van der Waals surface area contributed by atoms with E-state index in [1.165, 1.54) is 30.3 Å². The number of anilines is 1. The van der Waals surface area contributed by atoms with E-state index in [-0.39, 0.29) is 10.6 Å². The predicted octanol–water partition coefficient (Wildman–Crippen LogP) is 4.76. The molecule has 3 rings (SSSR count). The molecule has 0 atom stereocenters. The first-order valence-corrected chi connectivity index (χ1v) is 9.51. The van der Waals surface area contributed by atoms with Crippen LogP contribution >= 0.6 is 15.9 Å². The molecule has 128 valence electrons. The van der Waals surface area contributed by atoms with Crippen LogP contribution < -0.4 is 4.72 Å². The molecule has 0 unspecified atom stereocenters. The van der Waals surface area contributed by atoms with Gasteiger partial charge in [0.05, 0.1) is 5.69 Å². The fraction of sp³-hybridized carbons (Fsp3) is 0. The predicted molar refractivity (Wildman–Crippen MR) is 98.5 cm³/mol. The van der Waals surface area contributed by atoms with Crippen LogP contribution in [0.3, 0.4) is 0 Å². The fourth-order valence-electron chi connectivity index (χ4n) is 2.32. The Morgan fingerprint density at radius 1 is 0.920 bits per heavy atom. The summed E-state index contributed by atoms with van der Waals surface area (Å²) >= 11 is 3.15. The highest BCUT2D eigenvalue weighted by atomic mass is 79.9. The summed E-state index contributed by atoms with van der Waals surface area (Å²) in [6, 6.07) is 17.4. The van der Waals surface area contributed by atoms with Crippen LogP contribution in [0.15, 0.2) is 76.1 Å². The van der Waals surface area contributed by atoms with Gasteiger partial charge in [-0.3, -0.25) is 4.72 Å². The van der Waals surface area contributed by atoms with Crippen molar-refractivity contribution in [3.05, 3.63) is 77.0 Å². The third kappa shape index (κ3) is 3.83. The standard InChI is InChI=1S/C18H13BrFNO3S/c19-14-7-9-17(22)18(11-14)25(23,24)21-16-10-13(6-8-15(16)20)12-4-2-1-3-5-12/h1-11,21-22H. The van der Waals surface area contributed by atoms with Gasteiger partial charge < -0.3 is 5.11 Å². The lowest BCUT2D eigenvalue weighted by atomic mass is 10.1. The molecular weight excluding hydrogens is 409 g/mol. The minimum atomic E-state index is -4.16. The Balaban J connectivity index is 2.01. The van der Waals surface area contributed by atoms with Crippen LogP contribution in [0.1, 0.15) is 0 Å². The molecule has 0 aromatic heterocycles. The highest BCUT2D eigenvalue weighted by Crippen LogP contribution is 2.30. The zero-order valence-corrected chi connectivity index (χ0v) is 15.2. The Labute approximate surface area is 153 Å². The molecular formula is C18H13BrFNO3S. The molecule has 3 aromatic carbocycles. The zero-order chi connectivity index (χ0) is 18.0. The maximum atomic E-state index is 14.1. The normalized spacial score (nSPS) is 11.3. The molecule has 25 heavy (non-hydrogen) atoms. The van der Waals surface area contributed by atoms with Crippen molar-refractivity contribution in [3.8, 4) is 16.9 Å². The van der Waals surface area contributed by atoms with Crippen molar-refractivity contribution >= 4 is 31.6 Å². The second kappa shape index (κ2) is 6.85. The second-order valence-corrected chi connectivity index (χ2v) is 7.84. The monoisotopic (exact) mass is 421 g/mol. The van der Waals surface area contributed by atoms with Crippen molar-refractivity contribution < 1.29 is 17.9 Å². The van der Waals surface area contributed by atoms with Gasteiger partial charge in [0.1, 0.15) is 16.5 Å². The first kappa shape index (κ1) is 17.4. The van der Waals surface area contributed by atoms with Crippen molar-refractivity contribution in [1.29, 1.82) is 0 Å². The van der Waals surface area contributed by atoms with Gasteiger partial charge in [-0.15, -0.1) is 0 Å². The third-order valence-electron chi connectivity index (χ3n) is 3.53. The van der Waals surface area contributed by atoms with Crippen molar-refractivity contribution in [3.63, 3.8) is 0 Å². The Morgan fingerprint density at radius 3 is 2.36 bits per heavy atom. The quantitative estimate of drug-likeness (QED) is 0.637. The topological polar surface area (TPSA) is 66.4 Å². The van der Waals surface area contributed by atoms with Gasteiger partial charge in [-0.2, -0.15) is 0 Å². The van der Waals surface area contributed by atoms with E-state index in [0.717, 1.165) is 5.56 Å². The molecule has 0 heterocycles. The summed E-state index contributed by atoms with van der Waals surface area (Å²) in [6.07, 6.45) is 0. The Bertz CT molecular complexity index is 1020. The Kier molecular flexibility index (Phi) is 4.78. The number of hydrogen-bond acceptors (Lipinski definition) is 3. The molecule has 3 aromatic rings. The van der Waals surface area contributed by atoms with Gasteiger partial charge in [0, 0.05) is 4.47 Å². The minimum absolute atomic E-state index is 0.194. The molecule has 0 aliphatic rings. The number of phenolic OH excluding ortho intramolecular Hbond substituents is 1. The molecule has 0 radical (unpaired) electrons. The number of halogens is 2. The molecule has 0 aliphatic heterocycles. The van der Waals surface area contributed by atoms with Crippen molar-refractivity contribution in [2.24, 2.45) is 0 Å². The third-order valence-corrected chi connectivity index (χ3v) is 5.42. The molecule has 2 N–H and O–H groups in total. The molecule has 0 saturated heterocycles. The van der Waals surface area contributed by atoms with Crippen LogP contribution in [0.2, 0.25) is 0 Å². The van der Waals surface area contributed by atoms with Gasteiger partial charge in [-0.25, -0.2) is 12.8 Å². The summed E-state index contributed by atoms with van der Waals surface area (Å²) < 4.78 is 41.8. The number of nitrogens with one attached hydrogen (secondary N) is 1. The summed E-state index contributed by atoms with van der Waals surface area (Å²) in [4.78, 5) is -0.341. The van der Waals surface area contributed by atoms with Gasteiger partial charge in [-0.1, -0.05) is 52.3 Å². The lowest BCUT2D eigenvalue weighted by Crippen LogP contribution is -2.14. The van der Waals surface area contributed by atoms with Crippen molar-refractivity contribution in [2.45, 2.75) is 4.90 Å². The number of sulfonamides is 1. The Hall–Kier alpha value is -2.38. The molecule has 4 nitrogen and oxygen atoms in total. The van der Waals surface area contributed by atoms with E-state index in [1.807, 2.05) is 30.3 Å². The van der Waals surface area contributed by atoms with E-state index < -0.39 is 21.6 Å². The number of benzene rings is 3. The summed E-state index contributed by atoms with van der Waals surface area (Å²) in [6.45, 7) is 0. The molecule has 0 spiro atoms. The highest BCUT2D eigenvalue weighted by Gasteiger charge is 2.21. The van der Waals surface area contributed by atoms with Gasteiger partial charge >= 0.3 is 0 Å². The van der Waals surface area contributed by atoms with E-state index in [4.69, 9.17) is 0 Å². The van der Waals surface area contributed by atoms with Gasteiger partial charge in [0.25, 0.3) is 10.0 Å². The minimum Gasteiger partial charge on any atom is -0.507 e. The van der Waals surface area contributed by atoms with E-state index in [0.29, 0.717) is 10.0 Å². The van der Waals surface area contributed by atoms with E-state index in [9.17, 15) is 17.9 Å². The lowest BCUT2D eigenvalue weighted by Gasteiger charge is -2.12. The van der Waals surface area contributed by atoms with Crippen molar-refractivity contribution in [1.82, 2.24) is 0 Å². The van der Waals surface area contributed by atoms with E-state index in [1.54, 1.807) is 6.07 Å². The number of hydrogen-bond donors (Lipinski definition) is 2. The Morgan fingerprint density at radius 2 is 1.64 bits per heavy atom. The van der Waals surface area contributed by atoms with Crippen LogP contribution in [-0.4, -0.2) is 13.5 Å². The number of phenols is 1. The van der Waals surface area contributed by atoms with Gasteiger partial charge in [-0.05, 0) is 41.5 Å². The smallest absolute Gasteiger partial charge is 0.265 e. The summed E-state index contributed by atoms with van der Waals surface area (Å²) in [7, 11) is -4.16. The van der Waals surface area contributed by atoms with Crippen LogP contribution in [0.4, 0.5) is 10.1 Å². The van der Waals surface area contributed by atoms with Crippen LogP contribution in [0.25, 0.3) is 11.1 Å².